The van der Waals surface area contributed by atoms with E-state index >= 15 is 0 Å². The molecule has 0 heterocycles. The molecule has 0 unspecified atom stereocenters. The maximum Gasteiger partial charge on any atom is 0.408 e. The van der Waals surface area contributed by atoms with Crippen molar-refractivity contribution >= 4 is 11.8 Å². The van der Waals surface area contributed by atoms with Gasteiger partial charge in [-0.15, -0.1) is 0 Å². The van der Waals surface area contributed by atoms with Gasteiger partial charge in [-0.05, 0) is 32.4 Å². The van der Waals surface area contributed by atoms with Gasteiger partial charge in [-0.25, -0.2) is 4.79 Å². The Bertz CT molecular complexity index is 383. The monoisotopic (exact) mass is 222 g/mol. The van der Waals surface area contributed by atoms with Gasteiger partial charge in [0.05, 0.1) is 6.54 Å². The Balaban J connectivity index is 2.94. The van der Waals surface area contributed by atoms with Gasteiger partial charge in [-0.2, -0.15) is 0 Å². The third kappa shape index (κ3) is 2.89. The second kappa shape index (κ2) is 4.43. The van der Waals surface area contributed by atoms with Crippen molar-refractivity contribution in [2.24, 2.45) is 0 Å². The molecule has 4 heteroatoms. The highest BCUT2D eigenvalue weighted by Crippen LogP contribution is 2.20. The Morgan fingerprint density at radius 2 is 1.94 bits per heavy atom. The van der Waals surface area contributed by atoms with E-state index in [1.165, 1.54) is 4.90 Å². The van der Waals surface area contributed by atoms with E-state index < -0.39 is 11.6 Å². The lowest BCUT2D eigenvalue weighted by molar-refractivity contribution is 0.0957. The molecular weight excluding hydrogens is 204 g/mol. The number of carboxylic acid groups (broad SMARTS) is 1. The second-order valence-corrected chi connectivity index (χ2v) is 4.74. The summed E-state index contributed by atoms with van der Waals surface area (Å²) in [6.07, 6.45) is -0.934. The van der Waals surface area contributed by atoms with Crippen LogP contribution in [0, 0.1) is 0 Å². The number of hydrogen-bond donors (Lipinski definition) is 2. The summed E-state index contributed by atoms with van der Waals surface area (Å²) in [5.41, 5.74) is 6.81. The maximum atomic E-state index is 11.1. The van der Waals surface area contributed by atoms with Crippen molar-refractivity contribution in [1.82, 2.24) is 4.90 Å². The van der Waals surface area contributed by atoms with Crippen molar-refractivity contribution < 1.29 is 9.90 Å². The van der Waals surface area contributed by atoms with Crippen molar-refractivity contribution in [3.8, 4) is 0 Å². The first-order valence-electron chi connectivity index (χ1n) is 5.16. The van der Waals surface area contributed by atoms with E-state index in [-0.39, 0.29) is 0 Å². The Morgan fingerprint density at radius 1 is 1.38 bits per heavy atom. The number of anilines is 1. The zero-order valence-electron chi connectivity index (χ0n) is 9.90. The Labute approximate surface area is 95.7 Å². The van der Waals surface area contributed by atoms with Gasteiger partial charge in [-0.1, -0.05) is 18.2 Å². The summed E-state index contributed by atoms with van der Waals surface area (Å²) in [5, 5.41) is 9.15. The molecule has 0 aromatic heterocycles. The van der Waals surface area contributed by atoms with Crippen LogP contribution >= 0.6 is 0 Å². The number of nitrogen functional groups attached to an aromatic ring is 1. The molecule has 0 fully saturated rings. The highest BCUT2D eigenvalue weighted by atomic mass is 16.4. The van der Waals surface area contributed by atoms with Gasteiger partial charge in [0.1, 0.15) is 0 Å². The number of nitrogens with two attached hydrogens (primary N) is 1. The molecule has 0 radical (unpaired) electrons. The van der Waals surface area contributed by atoms with E-state index in [1.54, 1.807) is 6.07 Å². The lowest BCUT2D eigenvalue weighted by Gasteiger charge is -2.33. The predicted octanol–water partition coefficient (Wildman–Crippen LogP) is 2.55. The molecule has 0 spiro atoms. The topological polar surface area (TPSA) is 66.6 Å². The molecule has 0 aliphatic carbocycles. The third-order valence-electron chi connectivity index (χ3n) is 2.42. The normalized spacial score (nSPS) is 11.2. The molecule has 3 N–H and O–H groups in total. The summed E-state index contributed by atoms with van der Waals surface area (Å²) in [4.78, 5) is 12.5. The van der Waals surface area contributed by atoms with E-state index in [9.17, 15) is 4.79 Å². The molecule has 1 amide bonds. The number of hydrogen-bond acceptors (Lipinski definition) is 2. The molecule has 1 aromatic carbocycles. The Hall–Kier alpha value is -1.71. The number of benzene rings is 1. The van der Waals surface area contributed by atoms with E-state index in [1.807, 2.05) is 39.0 Å². The van der Waals surface area contributed by atoms with Gasteiger partial charge < -0.3 is 10.8 Å². The minimum atomic E-state index is -0.934. The molecule has 1 rings (SSSR count). The standard InChI is InChI=1S/C12H18N2O2/c1-12(2,3)14(11(15)16)8-9-6-4-5-7-10(9)13/h4-7H,8,13H2,1-3H3,(H,15,16). The molecule has 0 atom stereocenters. The van der Waals surface area contributed by atoms with E-state index in [4.69, 9.17) is 10.8 Å². The highest BCUT2D eigenvalue weighted by molar-refractivity contribution is 5.66. The third-order valence-corrected chi connectivity index (χ3v) is 2.42. The smallest absolute Gasteiger partial charge is 0.408 e. The summed E-state index contributed by atoms with van der Waals surface area (Å²) in [5.74, 6) is 0. The van der Waals surface area contributed by atoms with Crippen molar-refractivity contribution in [2.45, 2.75) is 32.9 Å². The van der Waals surface area contributed by atoms with Crippen LogP contribution in [0.2, 0.25) is 0 Å². The minimum absolute atomic E-state index is 0.311. The molecular formula is C12H18N2O2. The molecule has 0 bridgehead atoms. The van der Waals surface area contributed by atoms with Crippen LogP contribution < -0.4 is 5.73 Å². The molecule has 0 aliphatic heterocycles. The van der Waals surface area contributed by atoms with Crippen molar-refractivity contribution in [2.75, 3.05) is 5.73 Å². The Kier molecular flexibility index (Phi) is 3.42. The van der Waals surface area contributed by atoms with Crippen molar-refractivity contribution in [3.05, 3.63) is 29.8 Å². The van der Waals surface area contributed by atoms with Crippen LogP contribution in [0.3, 0.4) is 0 Å². The summed E-state index contributed by atoms with van der Waals surface area (Å²) >= 11 is 0. The van der Waals surface area contributed by atoms with Crippen molar-refractivity contribution in [1.29, 1.82) is 0 Å². The summed E-state index contributed by atoms with van der Waals surface area (Å²) in [6, 6.07) is 7.31. The molecule has 4 nitrogen and oxygen atoms in total. The van der Waals surface area contributed by atoms with Gasteiger partial charge in [-0.3, -0.25) is 4.90 Å². The maximum absolute atomic E-state index is 11.1. The number of amides is 1. The first-order chi connectivity index (χ1) is 7.32. The van der Waals surface area contributed by atoms with Gasteiger partial charge >= 0.3 is 6.09 Å². The average Bonchev–Trinajstić information content (AvgIpc) is 2.14. The van der Waals surface area contributed by atoms with Gasteiger partial charge in [0.15, 0.2) is 0 Å². The highest BCUT2D eigenvalue weighted by Gasteiger charge is 2.26. The van der Waals surface area contributed by atoms with E-state index in [2.05, 4.69) is 0 Å². The van der Waals surface area contributed by atoms with Crippen LogP contribution in [0.25, 0.3) is 0 Å². The van der Waals surface area contributed by atoms with Gasteiger partial charge in [0.2, 0.25) is 0 Å². The fourth-order valence-electron chi connectivity index (χ4n) is 1.44. The first-order valence-corrected chi connectivity index (χ1v) is 5.16. The van der Waals surface area contributed by atoms with Crippen LogP contribution in [0.15, 0.2) is 24.3 Å². The fraction of sp³-hybridized carbons (Fsp3) is 0.417. The van der Waals surface area contributed by atoms with Crippen LogP contribution in [0.5, 0.6) is 0 Å². The SMILES string of the molecule is CC(C)(C)N(Cc1ccccc1N)C(=O)O. The summed E-state index contributed by atoms with van der Waals surface area (Å²) in [7, 11) is 0. The summed E-state index contributed by atoms with van der Waals surface area (Å²) in [6.45, 7) is 5.90. The van der Waals surface area contributed by atoms with Gasteiger partial charge in [0, 0.05) is 11.2 Å². The lowest BCUT2D eigenvalue weighted by atomic mass is 10.0. The lowest BCUT2D eigenvalue weighted by Crippen LogP contribution is -2.44. The number of para-hydroxylation sites is 1. The van der Waals surface area contributed by atoms with Crippen LogP contribution in [0.1, 0.15) is 26.3 Å². The molecule has 88 valence electrons. The quantitative estimate of drug-likeness (QED) is 0.756. The van der Waals surface area contributed by atoms with Crippen LogP contribution in [-0.4, -0.2) is 21.6 Å². The molecule has 1 aromatic rings. The van der Waals surface area contributed by atoms with Crippen molar-refractivity contribution in [3.63, 3.8) is 0 Å². The number of rotatable bonds is 2. The molecule has 0 aliphatic rings. The van der Waals surface area contributed by atoms with Gasteiger partial charge in [0.25, 0.3) is 0 Å². The zero-order chi connectivity index (χ0) is 12.3. The number of carbonyl (C=O) groups is 1. The molecule has 0 saturated carbocycles. The predicted molar refractivity (Wildman–Crippen MR) is 64.2 cm³/mol. The van der Waals surface area contributed by atoms with E-state index in [0.717, 1.165) is 5.56 Å². The van der Waals surface area contributed by atoms with E-state index in [0.29, 0.717) is 12.2 Å². The largest absolute Gasteiger partial charge is 0.465 e. The second-order valence-electron chi connectivity index (χ2n) is 4.74. The Morgan fingerprint density at radius 3 is 2.38 bits per heavy atom. The zero-order valence-corrected chi connectivity index (χ0v) is 9.90. The molecule has 16 heavy (non-hydrogen) atoms. The number of nitrogens with zero attached hydrogens (tertiary/aromatic N) is 1. The fourth-order valence-corrected chi connectivity index (χ4v) is 1.44. The minimum Gasteiger partial charge on any atom is -0.465 e. The molecule has 0 saturated heterocycles. The first kappa shape index (κ1) is 12.4. The van der Waals surface area contributed by atoms with Crippen LogP contribution in [0.4, 0.5) is 10.5 Å². The average molecular weight is 222 g/mol. The van der Waals surface area contributed by atoms with Crippen LogP contribution in [-0.2, 0) is 6.54 Å². The summed E-state index contributed by atoms with van der Waals surface area (Å²) < 4.78 is 0.